The Kier molecular flexibility index (Phi) is 6.67. The Morgan fingerprint density at radius 1 is 1.12 bits per heavy atom. The van der Waals surface area contributed by atoms with Gasteiger partial charge in [0.1, 0.15) is 12.4 Å². The summed E-state index contributed by atoms with van der Waals surface area (Å²) in [7, 11) is 1.40. The zero-order chi connectivity index (χ0) is 17.2. The first-order valence-electron chi connectivity index (χ1n) is 7.73. The molecule has 0 amide bonds. The highest BCUT2D eigenvalue weighted by atomic mass is 16.5. The molecule has 0 heterocycles. The van der Waals surface area contributed by atoms with E-state index in [1.807, 2.05) is 48.5 Å². The van der Waals surface area contributed by atoms with Gasteiger partial charge in [0.15, 0.2) is 0 Å². The monoisotopic (exact) mass is 320 g/mol. The highest BCUT2D eigenvalue weighted by molar-refractivity contribution is 5.69. The summed E-state index contributed by atoms with van der Waals surface area (Å²) in [6.07, 6.45) is 2.77. The molecule has 3 nitrogen and oxygen atoms in total. The topological polar surface area (TPSA) is 35.5 Å². The number of hydrogen-bond acceptors (Lipinski definition) is 3. The minimum atomic E-state index is -0.197. The summed E-state index contributed by atoms with van der Waals surface area (Å²) in [6, 6.07) is 15.5. The second-order valence-corrected chi connectivity index (χ2v) is 5.15. The average Bonchev–Trinajstić information content (AvgIpc) is 2.64. The van der Waals surface area contributed by atoms with Gasteiger partial charge in [-0.25, -0.2) is 0 Å². The molecule has 0 atom stereocenters. The zero-order valence-corrected chi connectivity index (χ0v) is 13.7. The molecule has 122 valence electrons. The SMILES string of the molecule is C=CCOc1cccc(C#Cc2ccc(CCC(=O)OC)cc2)c1. The summed E-state index contributed by atoms with van der Waals surface area (Å²) in [5, 5.41) is 0. The highest BCUT2D eigenvalue weighted by Crippen LogP contribution is 2.13. The number of carbonyl (C=O) groups excluding carboxylic acids is 1. The van der Waals surface area contributed by atoms with Crippen LogP contribution in [0.4, 0.5) is 0 Å². The van der Waals surface area contributed by atoms with Crippen molar-refractivity contribution in [3.05, 3.63) is 77.9 Å². The Bertz CT molecular complexity index is 749. The third-order valence-corrected chi connectivity index (χ3v) is 3.35. The molecule has 0 aliphatic heterocycles. The van der Waals surface area contributed by atoms with Gasteiger partial charge in [-0.2, -0.15) is 0 Å². The van der Waals surface area contributed by atoms with Crippen molar-refractivity contribution >= 4 is 5.97 Å². The molecule has 0 unspecified atom stereocenters. The standard InChI is InChI=1S/C21H20O3/c1-3-15-24-20-6-4-5-19(16-20)12-11-17-7-9-18(10-8-17)13-14-21(22)23-2/h3-10,16H,1,13-15H2,2H3. The number of methoxy groups -OCH3 is 1. The summed E-state index contributed by atoms with van der Waals surface area (Å²) >= 11 is 0. The third kappa shape index (κ3) is 5.66. The van der Waals surface area contributed by atoms with E-state index in [4.69, 9.17) is 4.74 Å². The largest absolute Gasteiger partial charge is 0.490 e. The number of esters is 1. The maximum atomic E-state index is 11.1. The van der Waals surface area contributed by atoms with Crippen molar-refractivity contribution in [3.8, 4) is 17.6 Å². The number of carbonyl (C=O) groups is 1. The van der Waals surface area contributed by atoms with E-state index in [1.54, 1.807) is 6.08 Å². The lowest BCUT2D eigenvalue weighted by Crippen LogP contribution is -2.01. The molecule has 0 radical (unpaired) electrons. The molecular formula is C21H20O3. The quantitative estimate of drug-likeness (QED) is 0.462. The molecule has 24 heavy (non-hydrogen) atoms. The predicted molar refractivity (Wildman–Crippen MR) is 94.9 cm³/mol. The first-order valence-corrected chi connectivity index (χ1v) is 7.73. The maximum Gasteiger partial charge on any atom is 0.305 e. The number of hydrogen-bond donors (Lipinski definition) is 0. The van der Waals surface area contributed by atoms with Crippen LogP contribution in [0.5, 0.6) is 5.75 Å². The van der Waals surface area contributed by atoms with Crippen LogP contribution in [0, 0.1) is 11.8 Å². The fourth-order valence-electron chi connectivity index (χ4n) is 2.07. The van der Waals surface area contributed by atoms with Crippen LogP contribution in [0.3, 0.4) is 0 Å². The lowest BCUT2D eigenvalue weighted by Gasteiger charge is -2.02. The molecule has 3 heteroatoms. The summed E-state index contributed by atoms with van der Waals surface area (Å²) < 4.78 is 10.1. The van der Waals surface area contributed by atoms with E-state index >= 15 is 0 Å². The van der Waals surface area contributed by atoms with E-state index in [-0.39, 0.29) is 5.97 Å². The van der Waals surface area contributed by atoms with Gasteiger partial charge in [-0.15, -0.1) is 0 Å². The van der Waals surface area contributed by atoms with E-state index in [9.17, 15) is 4.79 Å². The van der Waals surface area contributed by atoms with Crippen molar-refractivity contribution in [3.63, 3.8) is 0 Å². The van der Waals surface area contributed by atoms with Gasteiger partial charge in [-0.05, 0) is 42.3 Å². The van der Waals surface area contributed by atoms with Crippen LogP contribution < -0.4 is 4.74 Å². The molecule has 0 aliphatic carbocycles. The third-order valence-electron chi connectivity index (χ3n) is 3.35. The van der Waals surface area contributed by atoms with Gasteiger partial charge in [-0.1, -0.05) is 42.7 Å². The van der Waals surface area contributed by atoms with Crippen LogP contribution in [0.2, 0.25) is 0 Å². The Balaban J connectivity index is 2.00. The second-order valence-electron chi connectivity index (χ2n) is 5.15. The second kappa shape index (κ2) is 9.22. The summed E-state index contributed by atoms with van der Waals surface area (Å²) in [6.45, 7) is 4.11. The van der Waals surface area contributed by atoms with Crippen LogP contribution in [0.25, 0.3) is 0 Å². The Morgan fingerprint density at radius 2 is 1.88 bits per heavy atom. The van der Waals surface area contributed by atoms with Gasteiger partial charge in [0.2, 0.25) is 0 Å². The van der Waals surface area contributed by atoms with Crippen molar-refractivity contribution in [1.82, 2.24) is 0 Å². The summed E-state index contributed by atoms with van der Waals surface area (Å²) in [4.78, 5) is 11.1. The molecule has 2 aromatic carbocycles. The lowest BCUT2D eigenvalue weighted by molar-refractivity contribution is -0.140. The zero-order valence-electron chi connectivity index (χ0n) is 13.7. The number of rotatable bonds is 6. The fraction of sp³-hybridized carbons (Fsp3) is 0.190. The molecule has 0 bridgehead atoms. The smallest absolute Gasteiger partial charge is 0.305 e. The lowest BCUT2D eigenvalue weighted by atomic mass is 10.1. The van der Waals surface area contributed by atoms with Crippen molar-refractivity contribution in [2.24, 2.45) is 0 Å². The predicted octanol–water partition coefficient (Wildman–Crippen LogP) is 3.76. The van der Waals surface area contributed by atoms with Gasteiger partial charge in [-0.3, -0.25) is 4.79 Å². The van der Waals surface area contributed by atoms with E-state index in [0.29, 0.717) is 19.4 Å². The summed E-state index contributed by atoms with van der Waals surface area (Å²) in [5.41, 5.74) is 2.91. The molecule has 0 N–H and O–H groups in total. The van der Waals surface area contributed by atoms with Crippen LogP contribution in [0.15, 0.2) is 61.2 Å². The highest BCUT2D eigenvalue weighted by Gasteiger charge is 2.01. The molecular weight excluding hydrogens is 300 g/mol. The molecule has 0 saturated carbocycles. The molecule has 0 fully saturated rings. The van der Waals surface area contributed by atoms with Crippen molar-refractivity contribution in [2.75, 3.05) is 13.7 Å². The maximum absolute atomic E-state index is 11.1. The van der Waals surface area contributed by atoms with Gasteiger partial charge in [0.05, 0.1) is 7.11 Å². The van der Waals surface area contributed by atoms with Gasteiger partial charge >= 0.3 is 5.97 Å². The van der Waals surface area contributed by atoms with Crippen molar-refractivity contribution in [1.29, 1.82) is 0 Å². The number of benzene rings is 2. The van der Waals surface area contributed by atoms with Gasteiger partial charge < -0.3 is 9.47 Å². The van der Waals surface area contributed by atoms with E-state index in [0.717, 1.165) is 22.4 Å². The molecule has 2 rings (SSSR count). The van der Waals surface area contributed by atoms with E-state index < -0.39 is 0 Å². The minimum absolute atomic E-state index is 0.197. The number of aryl methyl sites for hydroxylation is 1. The van der Waals surface area contributed by atoms with E-state index in [1.165, 1.54) is 7.11 Å². The Labute approximate surface area is 142 Å². The molecule has 0 aliphatic rings. The van der Waals surface area contributed by atoms with Crippen molar-refractivity contribution in [2.45, 2.75) is 12.8 Å². The first kappa shape index (κ1) is 17.4. The van der Waals surface area contributed by atoms with Crippen LogP contribution in [-0.4, -0.2) is 19.7 Å². The van der Waals surface area contributed by atoms with Crippen LogP contribution >= 0.6 is 0 Å². The fourth-order valence-corrected chi connectivity index (χ4v) is 2.07. The molecule has 2 aromatic rings. The van der Waals surface area contributed by atoms with Crippen LogP contribution in [-0.2, 0) is 16.0 Å². The van der Waals surface area contributed by atoms with Gasteiger partial charge in [0.25, 0.3) is 0 Å². The van der Waals surface area contributed by atoms with Crippen LogP contribution in [0.1, 0.15) is 23.1 Å². The van der Waals surface area contributed by atoms with E-state index in [2.05, 4.69) is 23.2 Å². The Morgan fingerprint density at radius 3 is 2.58 bits per heavy atom. The average molecular weight is 320 g/mol. The first-order chi connectivity index (χ1) is 11.7. The number of ether oxygens (including phenoxy) is 2. The molecule has 0 aromatic heterocycles. The Hall–Kier alpha value is -2.99. The molecule has 0 saturated heterocycles. The van der Waals surface area contributed by atoms with Crippen molar-refractivity contribution < 1.29 is 14.3 Å². The molecule has 0 spiro atoms. The van der Waals surface area contributed by atoms with Gasteiger partial charge in [0, 0.05) is 17.5 Å². The minimum Gasteiger partial charge on any atom is -0.490 e. The summed E-state index contributed by atoms with van der Waals surface area (Å²) in [5.74, 6) is 6.84. The normalized spacial score (nSPS) is 9.54.